The van der Waals surface area contributed by atoms with E-state index in [2.05, 4.69) is 44.8 Å². The summed E-state index contributed by atoms with van der Waals surface area (Å²) in [7, 11) is 0. The van der Waals surface area contributed by atoms with Crippen LogP contribution < -0.4 is 16.4 Å². The second-order valence-electron chi connectivity index (χ2n) is 8.54. The van der Waals surface area contributed by atoms with Crippen molar-refractivity contribution in [2.45, 2.75) is 31.5 Å². The SMILES string of the molecule is NC(=O)c1cnc(Cc2ccc(CCN3CCOCC3)cc2)cc1N[C@@H]1CCNC[C@@H]1F. The third-order valence-electron chi connectivity index (χ3n) is 6.20. The molecule has 1 aromatic carbocycles. The van der Waals surface area contributed by atoms with E-state index >= 15 is 0 Å². The van der Waals surface area contributed by atoms with Crippen LogP contribution in [0.3, 0.4) is 0 Å². The fourth-order valence-electron chi connectivity index (χ4n) is 4.24. The number of nitrogens with zero attached hydrogens (tertiary/aromatic N) is 2. The largest absolute Gasteiger partial charge is 0.379 e. The summed E-state index contributed by atoms with van der Waals surface area (Å²) in [4.78, 5) is 18.7. The molecule has 2 atom stereocenters. The van der Waals surface area contributed by atoms with Crippen molar-refractivity contribution in [2.75, 3.05) is 51.3 Å². The number of nitrogens with two attached hydrogens (primary N) is 1. The number of pyridine rings is 1. The minimum absolute atomic E-state index is 0.290. The zero-order chi connectivity index (χ0) is 22.3. The zero-order valence-corrected chi connectivity index (χ0v) is 18.4. The summed E-state index contributed by atoms with van der Waals surface area (Å²) in [5.74, 6) is -0.569. The number of nitrogens with one attached hydrogen (secondary N) is 2. The molecular weight excluding hydrogens is 409 g/mol. The lowest BCUT2D eigenvalue weighted by Gasteiger charge is -2.29. The number of hydrogen-bond donors (Lipinski definition) is 3. The van der Waals surface area contributed by atoms with E-state index < -0.39 is 12.1 Å². The average Bonchev–Trinajstić information content (AvgIpc) is 2.81. The number of rotatable bonds is 8. The maximum Gasteiger partial charge on any atom is 0.252 e. The minimum atomic E-state index is -1.02. The summed E-state index contributed by atoms with van der Waals surface area (Å²) < 4.78 is 19.7. The van der Waals surface area contributed by atoms with Gasteiger partial charge < -0.3 is 21.1 Å². The lowest BCUT2D eigenvalue weighted by molar-refractivity contribution is 0.0384. The van der Waals surface area contributed by atoms with Crippen molar-refractivity contribution >= 4 is 11.6 Å². The summed E-state index contributed by atoms with van der Waals surface area (Å²) in [5.41, 5.74) is 9.61. The monoisotopic (exact) mass is 441 g/mol. The van der Waals surface area contributed by atoms with Gasteiger partial charge in [-0.2, -0.15) is 0 Å². The van der Waals surface area contributed by atoms with E-state index in [1.165, 1.54) is 11.8 Å². The second-order valence-corrected chi connectivity index (χ2v) is 8.54. The number of ether oxygens (including phenoxy) is 1. The normalized spacial score (nSPS) is 21.9. The van der Waals surface area contributed by atoms with Crippen molar-refractivity contribution in [3.63, 3.8) is 0 Å². The van der Waals surface area contributed by atoms with E-state index in [-0.39, 0.29) is 11.6 Å². The molecule has 172 valence electrons. The Bertz CT molecular complexity index is 902. The Morgan fingerprint density at radius 1 is 1.25 bits per heavy atom. The van der Waals surface area contributed by atoms with Crippen LogP contribution in [0.4, 0.5) is 10.1 Å². The number of primary amides is 1. The molecule has 0 bridgehead atoms. The van der Waals surface area contributed by atoms with Crippen LogP contribution in [0.2, 0.25) is 0 Å². The summed E-state index contributed by atoms with van der Waals surface area (Å²) in [6.45, 7) is 5.73. The molecule has 0 saturated carbocycles. The van der Waals surface area contributed by atoms with Crippen molar-refractivity contribution in [3.05, 3.63) is 58.9 Å². The van der Waals surface area contributed by atoms with Crippen molar-refractivity contribution in [1.82, 2.24) is 15.2 Å². The van der Waals surface area contributed by atoms with Crippen molar-refractivity contribution < 1.29 is 13.9 Å². The number of amides is 1. The van der Waals surface area contributed by atoms with Gasteiger partial charge in [0.1, 0.15) is 6.17 Å². The molecule has 2 saturated heterocycles. The van der Waals surface area contributed by atoms with Gasteiger partial charge >= 0.3 is 0 Å². The van der Waals surface area contributed by atoms with Crippen LogP contribution >= 0.6 is 0 Å². The molecule has 3 heterocycles. The summed E-state index contributed by atoms with van der Waals surface area (Å²) in [5, 5.41) is 6.23. The highest BCUT2D eigenvalue weighted by Crippen LogP contribution is 2.22. The first kappa shape index (κ1) is 22.6. The number of anilines is 1. The van der Waals surface area contributed by atoms with Gasteiger partial charge in [-0.25, -0.2) is 4.39 Å². The van der Waals surface area contributed by atoms with Gasteiger partial charge in [-0.15, -0.1) is 0 Å². The van der Waals surface area contributed by atoms with E-state index in [0.717, 1.165) is 57.1 Å². The predicted octanol–water partition coefficient (Wildman–Crippen LogP) is 1.76. The maximum atomic E-state index is 14.3. The fraction of sp³-hybridized carbons (Fsp3) is 0.500. The molecule has 1 amide bonds. The highest BCUT2D eigenvalue weighted by atomic mass is 19.1. The molecule has 0 aliphatic carbocycles. The van der Waals surface area contributed by atoms with Gasteiger partial charge in [0.05, 0.1) is 30.5 Å². The molecule has 2 aliphatic heterocycles. The van der Waals surface area contributed by atoms with E-state index in [1.54, 1.807) is 0 Å². The lowest BCUT2D eigenvalue weighted by Crippen LogP contribution is -2.45. The topological polar surface area (TPSA) is 92.5 Å². The number of piperidine rings is 1. The predicted molar refractivity (Wildman–Crippen MR) is 123 cm³/mol. The van der Waals surface area contributed by atoms with E-state index in [1.807, 2.05) is 6.07 Å². The minimum Gasteiger partial charge on any atom is -0.379 e. The van der Waals surface area contributed by atoms with Crippen LogP contribution in [0, 0.1) is 0 Å². The van der Waals surface area contributed by atoms with Gasteiger partial charge in [-0.3, -0.25) is 14.7 Å². The van der Waals surface area contributed by atoms with E-state index in [4.69, 9.17) is 10.5 Å². The molecule has 1 aromatic heterocycles. The number of carbonyl (C=O) groups excluding carboxylic acids is 1. The molecule has 2 fully saturated rings. The number of morpholine rings is 1. The van der Waals surface area contributed by atoms with Gasteiger partial charge in [0.2, 0.25) is 0 Å². The molecule has 4 rings (SSSR count). The van der Waals surface area contributed by atoms with Gasteiger partial charge in [0.25, 0.3) is 5.91 Å². The van der Waals surface area contributed by atoms with Crippen LogP contribution in [0.25, 0.3) is 0 Å². The molecular formula is C24H32FN5O2. The number of alkyl halides is 1. The standard InChI is InChI=1S/C24H32FN5O2/c25-21-16-27-7-5-22(21)29-23-14-19(28-15-20(23)24(26)31)13-18-3-1-17(2-4-18)6-8-30-9-11-32-12-10-30/h1-4,14-15,21-22,27H,5-13,16H2,(H2,26,31)(H,28,29)/t21-,22+/m0/s1. The average molecular weight is 442 g/mol. The highest BCUT2D eigenvalue weighted by molar-refractivity contribution is 5.98. The molecule has 7 nitrogen and oxygen atoms in total. The third-order valence-corrected chi connectivity index (χ3v) is 6.20. The first-order valence-corrected chi connectivity index (χ1v) is 11.4. The molecule has 8 heteroatoms. The van der Waals surface area contributed by atoms with Crippen molar-refractivity contribution in [2.24, 2.45) is 5.73 Å². The Kier molecular flexibility index (Phi) is 7.68. The Labute approximate surface area is 188 Å². The van der Waals surface area contributed by atoms with Crippen LogP contribution in [-0.4, -0.2) is 73.9 Å². The number of aromatic nitrogens is 1. The van der Waals surface area contributed by atoms with Gasteiger partial charge in [0.15, 0.2) is 0 Å². The van der Waals surface area contributed by atoms with Crippen LogP contribution in [0.1, 0.15) is 33.6 Å². The van der Waals surface area contributed by atoms with Crippen LogP contribution in [0.15, 0.2) is 36.5 Å². The Balaban J connectivity index is 1.40. The van der Waals surface area contributed by atoms with Crippen LogP contribution in [0.5, 0.6) is 0 Å². The number of carbonyl (C=O) groups is 1. The van der Waals surface area contributed by atoms with Gasteiger partial charge in [-0.05, 0) is 36.6 Å². The number of benzene rings is 1. The lowest BCUT2D eigenvalue weighted by atomic mass is 10.0. The van der Waals surface area contributed by atoms with Gasteiger partial charge in [0, 0.05) is 44.5 Å². The molecule has 4 N–H and O–H groups in total. The van der Waals surface area contributed by atoms with E-state index in [0.29, 0.717) is 25.1 Å². The molecule has 2 aromatic rings. The summed E-state index contributed by atoms with van der Waals surface area (Å²) in [6, 6.07) is 10.0. The number of hydrogen-bond acceptors (Lipinski definition) is 6. The first-order valence-electron chi connectivity index (χ1n) is 11.4. The van der Waals surface area contributed by atoms with Crippen molar-refractivity contribution in [3.8, 4) is 0 Å². The Hall–Kier alpha value is -2.55. The molecule has 0 unspecified atom stereocenters. The molecule has 0 radical (unpaired) electrons. The Morgan fingerprint density at radius 2 is 2.00 bits per heavy atom. The molecule has 32 heavy (non-hydrogen) atoms. The molecule has 2 aliphatic rings. The fourth-order valence-corrected chi connectivity index (χ4v) is 4.24. The Morgan fingerprint density at radius 3 is 2.72 bits per heavy atom. The third kappa shape index (κ3) is 6.03. The van der Waals surface area contributed by atoms with Gasteiger partial charge in [-0.1, -0.05) is 24.3 Å². The van der Waals surface area contributed by atoms with Crippen molar-refractivity contribution in [1.29, 1.82) is 0 Å². The summed E-state index contributed by atoms with van der Waals surface area (Å²) >= 11 is 0. The smallest absolute Gasteiger partial charge is 0.252 e. The maximum absolute atomic E-state index is 14.3. The quantitative estimate of drug-likeness (QED) is 0.578. The zero-order valence-electron chi connectivity index (χ0n) is 18.4. The number of halogens is 1. The van der Waals surface area contributed by atoms with E-state index in [9.17, 15) is 9.18 Å². The summed E-state index contributed by atoms with van der Waals surface area (Å²) in [6.07, 6.45) is 2.75. The first-order chi connectivity index (χ1) is 15.6. The van der Waals surface area contributed by atoms with Crippen LogP contribution in [-0.2, 0) is 17.6 Å². The highest BCUT2D eigenvalue weighted by Gasteiger charge is 2.25. The molecule has 0 spiro atoms. The second kappa shape index (κ2) is 10.8.